The summed E-state index contributed by atoms with van der Waals surface area (Å²) in [6.07, 6.45) is 41.3. The largest absolute Gasteiger partial charge is 0.472 e. The first-order chi connectivity index (χ1) is 27.0. The first-order valence-electron chi connectivity index (χ1n) is 23.4. The van der Waals surface area contributed by atoms with Crippen molar-refractivity contribution in [2.75, 3.05) is 47.5 Å². The highest BCUT2D eigenvalue weighted by Gasteiger charge is 2.27. The van der Waals surface area contributed by atoms with E-state index < -0.39 is 26.5 Å². The predicted octanol–water partition coefficient (Wildman–Crippen LogP) is 13.4. The number of likely N-dealkylation sites (N-methyl/N-ethyl adjacent to an activating group) is 1. The Morgan fingerprint density at radius 2 is 0.946 bits per heavy atom. The molecular weight excluding hydrogens is 725 g/mol. The molecule has 0 aliphatic heterocycles. The van der Waals surface area contributed by atoms with E-state index in [9.17, 15) is 19.0 Å². The van der Waals surface area contributed by atoms with Crippen molar-refractivity contribution in [2.45, 2.75) is 225 Å². The second-order valence-corrected chi connectivity index (χ2v) is 18.6. The van der Waals surface area contributed by atoms with Crippen LogP contribution in [0.5, 0.6) is 0 Å². The van der Waals surface area contributed by atoms with E-state index in [4.69, 9.17) is 18.5 Å². The van der Waals surface area contributed by atoms with Crippen molar-refractivity contribution in [3.05, 3.63) is 12.2 Å². The fourth-order valence-corrected chi connectivity index (χ4v) is 7.35. The second kappa shape index (κ2) is 39.2. The number of hydrogen-bond donors (Lipinski definition) is 1. The van der Waals surface area contributed by atoms with Gasteiger partial charge in [-0.2, -0.15) is 0 Å². The Hall–Kier alpha value is -1.25. The fraction of sp³-hybridized carbons (Fsp3) is 0.913. The molecule has 0 spiro atoms. The van der Waals surface area contributed by atoms with E-state index >= 15 is 0 Å². The van der Waals surface area contributed by atoms with Gasteiger partial charge in [-0.05, 0) is 32.1 Å². The summed E-state index contributed by atoms with van der Waals surface area (Å²) in [7, 11) is 1.48. The van der Waals surface area contributed by atoms with Crippen LogP contribution in [0.2, 0.25) is 0 Å². The lowest BCUT2D eigenvalue weighted by Gasteiger charge is -2.24. The van der Waals surface area contributed by atoms with Gasteiger partial charge in [0.15, 0.2) is 6.10 Å². The van der Waals surface area contributed by atoms with E-state index in [0.29, 0.717) is 23.9 Å². The van der Waals surface area contributed by atoms with Gasteiger partial charge in [0.1, 0.15) is 19.8 Å². The summed E-state index contributed by atoms with van der Waals surface area (Å²) in [6, 6.07) is 0. The lowest BCUT2D eigenvalue weighted by molar-refractivity contribution is -0.870. The number of esters is 2. The molecule has 2 unspecified atom stereocenters. The summed E-state index contributed by atoms with van der Waals surface area (Å²) in [5.41, 5.74) is 0. The maximum Gasteiger partial charge on any atom is 0.472 e. The molecule has 0 aliphatic carbocycles. The number of unbranched alkanes of at least 4 members (excludes halogenated alkanes) is 27. The molecule has 0 saturated heterocycles. The second-order valence-electron chi connectivity index (χ2n) is 17.1. The Kier molecular flexibility index (Phi) is 38.3. The minimum Gasteiger partial charge on any atom is -0.462 e. The number of ether oxygens (including phenoxy) is 2. The smallest absolute Gasteiger partial charge is 0.462 e. The van der Waals surface area contributed by atoms with E-state index in [1.54, 1.807) is 0 Å². The number of hydrogen-bond acceptors (Lipinski definition) is 7. The van der Waals surface area contributed by atoms with Crippen LogP contribution >= 0.6 is 7.82 Å². The van der Waals surface area contributed by atoms with Crippen LogP contribution < -0.4 is 0 Å². The Labute approximate surface area is 346 Å². The average Bonchev–Trinajstić information content (AvgIpc) is 3.15. The molecule has 0 amide bonds. The quantitative estimate of drug-likeness (QED) is 0.0213. The predicted molar refractivity (Wildman–Crippen MR) is 234 cm³/mol. The number of quaternary nitrogens is 1. The van der Waals surface area contributed by atoms with E-state index in [1.807, 2.05) is 21.1 Å². The zero-order valence-corrected chi connectivity index (χ0v) is 38.3. The number of rotatable bonds is 43. The maximum absolute atomic E-state index is 12.6. The SMILES string of the molecule is CCC/C=C\CCCCCCCC(=O)OC(COC(=O)CCCCCCCCCCCCCCCCCCCCCCCC)COP(=O)(O)OCC[N+](C)(C)C. The molecule has 0 rings (SSSR count). The van der Waals surface area contributed by atoms with Crippen molar-refractivity contribution in [3.8, 4) is 0 Å². The molecule has 0 saturated carbocycles. The molecule has 0 aromatic carbocycles. The van der Waals surface area contributed by atoms with Crippen LogP contribution in [0.25, 0.3) is 0 Å². The monoisotopic (exact) mass is 817 g/mol. The first kappa shape index (κ1) is 54.8. The molecule has 2 atom stereocenters. The topological polar surface area (TPSA) is 108 Å². The molecule has 9 nitrogen and oxygen atoms in total. The molecular formula is C46H91NO8P+. The fourth-order valence-electron chi connectivity index (χ4n) is 6.61. The summed E-state index contributed by atoms with van der Waals surface area (Å²) in [5.74, 6) is -0.800. The summed E-state index contributed by atoms with van der Waals surface area (Å²) >= 11 is 0. The molecule has 1 N–H and O–H groups in total. The number of carbonyl (C=O) groups is 2. The summed E-state index contributed by atoms with van der Waals surface area (Å²) in [4.78, 5) is 35.3. The molecule has 0 bridgehead atoms. The van der Waals surface area contributed by atoms with Gasteiger partial charge in [-0.1, -0.05) is 187 Å². The van der Waals surface area contributed by atoms with Crippen molar-refractivity contribution in [1.82, 2.24) is 0 Å². The Bertz CT molecular complexity index is 969. The van der Waals surface area contributed by atoms with Crippen molar-refractivity contribution in [3.63, 3.8) is 0 Å². The lowest BCUT2D eigenvalue weighted by Crippen LogP contribution is -2.37. The summed E-state index contributed by atoms with van der Waals surface area (Å²) in [5, 5.41) is 0. The van der Waals surface area contributed by atoms with E-state index in [1.165, 1.54) is 128 Å². The number of phosphoric ester groups is 1. The third kappa shape index (κ3) is 42.4. The molecule has 0 radical (unpaired) electrons. The van der Waals surface area contributed by atoms with Gasteiger partial charge in [-0.25, -0.2) is 4.57 Å². The van der Waals surface area contributed by atoms with E-state index in [2.05, 4.69) is 26.0 Å². The zero-order valence-electron chi connectivity index (χ0n) is 37.4. The third-order valence-electron chi connectivity index (χ3n) is 10.3. The molecule has 0 fully saturated rings. The van der Waals surface area contributed by atoms with Gasteiger partial charge in [0.05, 0.1) is 27.7 Å². The summed E-state index contributed by atoms with van der Waals surface area (Å²) < 4.78 is 34.3. The van der Waals surface area contributed by atoms with Crippen LogP contribution in [0.15, 0.2) is 12.2 Å². The van der Waals surface area contributed by atoms with Crippen LogP contribution in [0.1, 0.15) is 219 Å². The molecule has 0 heterocycles. The van der Waals surface area contributed by atoms with Gasteiger partial charge < -0.3 is 18.9 Å². The highest BCUT2D eigenvalue weighted by Crippen LogP contribution is 2.43. The van der Waals surface area contributed by atoms with Gasteiger partial charge in [0.2, 0.25) is 0 Å². The Balaban J connectivity index is 4.14. The van der Waals surface area contributed by atoms with Gasteiger partial charge in [0, 0.05) is 12.8 Å². The van der Waals surface area contributed by atoms with Crippen LogP contribution in [0.3, 0.4) is 0 Å². The number of nitrogens with zero attached hydrogens (tertiary/aromatic N) is 1. The number of phosphoric acid groups is 1. The molecule has 0 aromatic heterocycles. The van der Waals surface area contributed by atoms with Gasteiger partial charge in [-0.15, -0.1) is 0 Å². The van der Waals surface area contributed by atoms with Crippen LogP contribution in [-0.4, -0.2) is 74.9 Å². The highest BCUT2D eigenvalue weighted by molar-refractivity contribution is 7.47. The normalized spacial score (nSPS) is 13.6. The Morgan fingerprint density at radius 1 is 0.536 bits per heavy atom. The highest BCUT2D eigenvalue weighted by atomic mass is 31.2. The van der Waals surface area contributed by atoms with Gasteiger partial charge in [-0.3, -0.25) is 18.6 Å². The minimum absolute atomic E-state index is 0.0330. The molecule has 332 valence electrons. The van der Waals surface area contributed by atoms with Crippen molar-refractivity contribution in [1.29, 1.82) is 0 Å². The number of carbonyl (C=O) groups excluding carboxylic acids is 2. The van der Waals surface area contributed by atoms with Crippen LogP contribution in [0, 0.1) is 0 Å². The van der Waals surface area contributed by atoms with Crippen molar-refractivity contribution < 1.29 is 42.1 Å². The first-order valence-corrected chi connectivity index (χ1v) is 24.9. The van der Waals surface area contributed by atoms with Gasteiger partial charge >= 0.3 is 19.8 Å². The van der Waals surface area contributed by atoms with Crippen molar-refractivity contribution >= 4 is 19.8 Å². The van der Waals surface area contributed by atoms with E-state index in [-0.39, 0.29) is 25.6 Å². The number of allylic oxidation sites excluding steroid dienone is 2. The Morgan fingerprint density at radius 3 is 1.39 bits per heavy atom. The van der Waals surface area contributed by atoms with Crippen LogP contribution in [0.4, 0.5) is 0 Å². The van der Waals surface area contributed by atoms with Gasteiger partial charge in [0.25, 0.3) is 0 Å². The standard InChI is InChI=1S/C46H90NO8P/c1-6-8-10-12-14-16-18-19-20-21-22-23-24-25-26-27-28-29-31-32-34-36-38-45(48)52-42-44(43-54-56(50,51)53-41-40-47(3,4)5)55-46(49)39-37-35-33-30-17-15-13-11-9-7-2/h11,13,44H,6-10,12,14-43H2,1-5H3/p+1/b13-11-. The zero-order chi connectivity index (χ0) is 41.4. The molecule has 0 aromatic rings. The lowest BCUT2D eigenvalue weighted by atomic mass is 10.0. The summed E-state index contributed by atoms with van der Waals surface area (Å²) in [6.45, 7) is 4.38. The average molecular weight is 817 g/mol. The van der Waals surface area contributed by atoms with E-state index in [0.717, 1.165) is 57.8 Å². The molecule has 56 heavy (non-hydrogen) atoms. The van der Waals surface area contributed by atoms with Crippen LogP contribution in [-0.2, 0) is 32.7 Å². The minimum atomic E-state index is -4.37. The molecule has 0 aliphatic rings. The third-order valence-corrected chi connectivity index (χ3v) is 11.3. The maximum atomic E-state index is 12.6. The van der Waals surface area contributed by atoms with Crippen molar-refractivity contribution in [2.24, 2.45) is 0 Å². The molecule has 10 heteroatoms.